The number of amides is 1. The van der Waals surface area contributed by atoms with Crippen LogP contribution in [0, 0.1) is 17.3 Å². The third kappa shape index (κ3) is 5.35. The van der Waals surface area contributed by atoms with Crippen LogP contribution < -0.4 is 10.6 Å². The van der Waals surface area contributed by atoms with Crippen LogP contribution in [0.5, 0.6) is 0 Å². The van der Waals surface area contributed by atoms with E-state index in [-0.39, 0.29) is 30.2 Å². The summed E-state index contributed by atoms with van der Waals surface area (Å²) in [6, 6.07) is 4.73. The Kier molecular flexibility index (Phi) is 6.93. The molecule has 1 aliphatic rings. The van der Waals surface area contributed by atoms with E-state index in [4.69, 9.17) is 0 Å². The fourth-order valence-corrected chi connectivity index (χ4v) is 2.85. The lowest BCUT2D eigenvalue weighted by Crippen LogP contribution is -2.50. The van der Waals surface area contributed by atoms with Crippen LogP contribution in [0.25, 0.3) is 0 Å². The number of rotatable bonds is 4. The molecule has 1 aromatic rings. The van der Waals surface area contributed by atoms with Gasteiger partial charge >= 0.3 is 6.18 Å². The maximum absolute atomic E-state index is 13.0. The zero-order valence-corrected chi connectivity index (χ0v) is 15.7. The molecule has 25 heavy (non-hydrogen) atoms. The van der Waals surface area contributed by atoms with E-state index in [0.717, 1.165) is 25.2 Å². The van der Waals surface area contributed by atoms with E-state index in [2.05, 4.69) is 10.6 Å². The molecule has 1 amide bonds. The zero-order valence-electron chi connectivity index (χ0n) is 14.9. The van der Waals surface area contributed by atoms with Crippen LogP contribution in [0.2, 0.25) is 0 Å². The highest BCUT2D eigenvalue weighted by atomic mass is 35.5. The Hall–Kier alpha value is -1.27. The topological polar surface area (TPSA) is 41.1 Å². The maximum Gasteiger partial charge on any atom is 0.416 e. The molecule has 2 atom stereocenters. The van der Waals surface area contributed by atoms with Crippen molar-refractivity contribution in [2.45, 2.75) is 39.9 Å². The molecule has 0 spiro atoms. The largest absolute Gasteiger partial charge is 0.416 e. The molecule has 2 N–H and O–H groups in total. The van der Waals surface area contributed by atoms with Crippen molar-refractivity contribution in [2.75, 3.05) is 13.1 Å². The van der Waals surface area contributed by atoms with E-state index in [1.165, 1.54) is 6.07 Å². The third-order valence-electron chi connectivity index (χ3n) is 4.63. The summed E-state index contributed by atoms with van der Waals surface area (Å²) in [6.07, 6.45) is -4.40. The molecule has 2 rings (SSSR count). The van der Waals surface area contributed by atoms with Gasteiger partial charge in [-0.2, -0.15) is 13.2 Å². The summed E-state index contributed by atoms with van der Waals surface area (Å²) in [4.78, 5) is 12.5. The normalized spacial score (nSPS) is 17.9. The smallest absolute Gasteiger partial charge is 0.349 e. The predicted octanol–water partition coefficient (Wildman–Crippen LogP) is 4.19. The number of carbonyl (C=O) groups is 1. The van der Waals surface area contributed by atoms with E-state index in [1.54, 1.807) is 6.07 Å². The van der Waals surface area contributed by atoms with Gasteiger partial charge in [0.2, 0.25) is 5.91 Å². The minimum Gasteiger partial charge on any atom is -0.349 e. The van der Waals surface area contributed by atoms with Crippen molar-refractivity contribution in [1.29, 1.82) is 0 Å². The average molecular weight is 379 g/mol. The highest BCUT2D eigenvalue weighted by molar-refractivity contribution is 5.85. The number of carbonyl (C=O) groups excluding carboxylic acids is 1. The van der Waals surface area contributed by atoms with E-state index < -0.39 is 23.2 Å². The van der Waals surface area contributed by atoms with E-state index in [0.29, 0.717) is 5.56 Å². The first-order chi connectivity index (χ1) is 11.0. The number of nitrogens with one attached hydrogen (secondary N) is 2. The minimum absolute atomic E-state index is 0. The van der Waals surface area contributed by atoms with E-state index in [9.17, 15) is 18.0 Å². The summed E-state index contributed by atoms with van der Waals surface area (Å²) >= 11 is 0. The van der Waals surface area contributed by atoms with Crippen LogP contribution in [0.4, 0.5) is 13.2 Å². The first-order valence-electron chi connectivity index (χ1n) is 8.18. The van der Waals surface area contributed by atoms with Crippen LogP contribution in [-0.2, 0) is 11.0 Å². The molecule has 0 aliphatic carbocycles. The van der Waals surface area contributed by atoms with Gasteiger partial charge in [0.1, 0.15) is 0 Å². The molecule has 0 bridgehead atoms. The van der Waals surface area contributed by atoms with Crippen LogP contribution in [-0.4, -0.2) is 19.0 Å². The lowest BCUT2D eigenvalue weighted by molar-refractivity contribution is -0.137. The summed E-state index contributed by atoms with van der Waals surface area (Å²) < 4.78 is 39.0. The van der Waals surface area contributed by atoms with Gasteiger partial charge in [0.25, 0.3) is 0 Å². The lowest BCUT2D eigenvalue weighted by atomic mass is 9.80. The van der Waals surface area contributed by atoms with Crippen LogP contribution in [0.15, 0.2) is 24.3 Å². The molecular weight excluding hydrogens is 353 g/mol. The fraction of sp³-hybridized carbons (Fsp3) is 0.611. The summed E-state index contributed by atoms with van der Waals surface area (Å²) in [5, 5.41) is 6.10. The molecule has 1 saturated heterocycles. The molecule has 2 unspecified atom stereocenters. The van der Waals surface area contributed by atoms with E-state index >= 15 is 0 Å². The van der Waals surface area contributed by atoms with Crippen molar-refractivity contribution < 1.29 is 18.0 Å². The Morgan fingerprint density at radius 2 is 1.84 bits per heavy atom. The summed E-state index contributed by atoms with van der Waals surface area (Å²) in [5.41, 5.74) is -0.623. The Morgan fingerprint density at radius 1 is 1.24 bits per heavy atom. The van der Waals surface area contributed by atoms with Gasteiger partial charge in [-0.25, -0.2) is 0 Å². The number of benzene rings is 1. The second-order valence-corrected chi connectivity index (χ2v) is 7.64. The molecule has 1 heterocycles. The number of hydrogen-bond acceptors (Lipinski definition) is 2. The highest BCUT2D eigenvalue weighted by Crippen LogP contribution is 2.36. The first kappa shape index (κ1) is 21.8. The Bertz CT molecular complexity index is 595. The zero-order chi connectivity index (χ0) is 18.1. The summed E-state index contributed by atoms with van der Waals surface area (Å²) in [7, 11) is 0. The van der Waals surface area contributed by atoms with Gasteiger partial charge in [-0.1, -0.05) is 39.8 Å². The lowest BCUT2D eigenvalue weighted by Gasteiger charge is -2.36. The second-order valence-electron chi connectivity index (χ2n) is 7.64. The molecule has 1 aromatic carbocycles. The molecule has 1 aliphatic heterocycles. The molecule has 0 aromatic heterocycles. The average Bonchev–Trinajstić information content (AvgIpc) is 2.40. The van der Waals surface area contributed by atoms with E-state index in [1.807, 2.05) is 27.7 Å². The Balaban J connectivity index is 0.00000312. The monoisotopic (exact) mass is 378 g/mol. The minimum atomic E-state index is -4.40. The van der Waals surface area contributed by atoms with Gasteiger partial charge in [0, 0.05) is 5.92 Å². The molecular formula is C18H26ClF3N2O. The Labute approximate surface area is 153 Å². The summed E-state index contributed by atoms with van der Waals surface area (Å²) in [6.45, 7) is 9.21. The van der Waals surface area contributed by atoms with Gasteiger partial charge in [0.05, 0.1) is 11.6 Å². The van der Waals surface area contributed by atoms with Gasteiger partial charge in [-0.3, -0.25) is 4.79 Å². The number of halogens is 4. The molecule has 142 valence electrons. The van der Waals surface area contributed by atoms with Crippen molar-refractivity contribution >= 4 is 18.3 Å². The van der Waals surface area contributed by atoms with Crippen LogP contribution in [0.3, 0.4) is 0 Å². The van der Waals surface area contributed by atoms with Crippen molar-refractivity contribution in [1.82, 2.24) is 10.6 Å². The SMILES string of the molecule is CC(C(=O)NC(c1cccc(C(F)(F)F)c1)C(C)(C)C)C1CNC1.Cl. The Morgan fingerprint density at radius 3 is 2.28 bits per heavy atom. The highest BCUT2D eigenvalue weighted by Gasteiger charge is 2.35. The molecule has 0 radical (unpaired) electrons. The molecule has 1 fully saturated rings. The fourth-order valence-electron chi connectivity index (χ4n) is 2.85. The molecule has 7 heteroatoms. The quantitative estimate of drug-likeness (QED) is 0.825. The van der Waals surface area contributed by atoms with Crippen molar-refractivity contribution in [3.8, 4) is 0 Å². The number of hydrogen-bond donors (Lipinski definition) is 2. The van der Waals surface area contributed by atoms with Gasteiger partial charge in [-0.15, -0.1) is 12.4 Å². The maximum atomic E-state index is 13.0. The third-order valence-corrected chi connectivity index (χ3v) is 4.63. The van der Waals surface area contributed by atoms with Gasteiger partial charge in [0.15, 0.2) is 0 Å². The van der Waals surface area contributed by atoms with Gasteiger partial charge in [-0.05, 0) is 42.1 Å². The van der Waals surface area contributed by atoms with Crippen LogP contribution >= 0.6 is 12.4 Å². The standard InChI is InChI=1S/C18H25F3N2O.ClH/c1-11(13-9-22-10-13)16(24)23-15(17(2,3)4)12-6-5-7-14(8-12)18(19,20)21;/h5-8,11,13,15,22H,9-10H2,1-4H3,(H,23,24);1H. The van der Waals surface area contributed by atoms with Gasteiger partial charge < -0.3 is 10.6 Å². The van der Waals surface area contributed by atoms with Crippen molar-refractivity contribution in [3.63, 3.8) is 0 Å². The second kappa shape index (κ2) is 7.96. The first-order valence-corrected chi connectivity index (χ1v) is 8.18. The van der Waals surface area contributed by atoms with Crippen molar-refractivity contribution in [3.05, 3.63) is 35.4 Å². The van der Waals surface area contributed by atoms with Crippen LogP contribution in [0.1, 0.15) is 44.9 Å². The predicted molar refractivity (Wildman–Crippen MR) is 94.6 cm³/mol. The van der Waals surface area contributed by atoms with Crippen molar-refractivity contribution in [2.24, 2.45) is 17.3 Å². The summed E-state index contributed by atoms with van der Waals surface area (Å²) in [5.74, 6) is 0.00728. The number of alkyl halides is 3. The molecule has 0 saturated carbocycles. The molecule has 3 nitrogen and oxygen atoms in total.